The van der Waals surface area contributed by atoms with Crippen LogP contribution in [0.1, 0.15) is 38.6 Å². The third kappa shape index (κ3) is 2.61. The van der Waals surface area contributed by atoms with Crippen molar-refractivity contribution < 1.29 is 4.74 Å². The Morgan fingerprint density at radius 3 is 2.61 bits per heavy atom. The van der Waals surface area contributed by atoms with Gasteiger partial charge in [0.1, 0.15) is 0 Å². The minimum Gasteiger partial charge on any atom is -0.377 e. The molecule has 0 bridgehead atoms. The molecule has 0 radical (unpaired) electrons. The second-order valence-electron chi connectivity index (χ2n) is 4.54. The fourth-order valence-electron chi connectivity index (χ4n) is 2.31. The summed E-state index contributed by atoms with van der Waals surface area (Å²) >= 11 is 0. The zero-order valence-corrected chi connectivity index (χ0v) is 11.5. The Balaban J connectivity index is 2.26. The lowest BCUT2D eigenvalue weighted by molar-refractivity contribution is 0.0919. The number of morpholine rings is 1. The van der Waals surface area contributed by atoms with Gasteiger partial charge in [0.15, 0.2) is 0 Å². The predicted molar refractivity (Wildman–Crippen MR) is 70.8 cm³/mol. The minimum atomic E-state index is 0.373. The van der Waals surface area contributed by atoms with Gasteiger partial charge in [-0.3, -0.25) is 0 Å². The first-order valence-corrected chi connectivity index (χ1v) is 6.86. The Labute approximate surface area is 109 Å². The normalized spacial score (nSPS) is 20.2. The van der Waals surface area contributed by atoms with Crippen LogP contribution in [0.25, 0.3) is 0 Å². The first-order valence-electron chi connectivity index (χ1n) is 6.86. The highest BCUT2D eigenvalue weighted by molar-refractivity contribution is 5.32. The number of anilines is 1. The molecule has 5 heteroatoms. The number of rotatable bonds is 4. The SMILES string of the molecule is CCc1nnc(N2CCOCC2CC)nc1CC. The Bertz CT molecular complexity index is 397. The zero-order chi connectivity index (χ0) is 13.0. The number of hydrogen-bond acceptors (Lipinski definition) is 5. The summed E-state index contributed by atoms with van der Waals surface area (Å²) < 4.78 is 5.51. The molecule has 18 heavy (non-hydrogen) atoms. The monoisotopic (exact) mass is 250 g/mol. The van der Waals surface area contributed by atoms with Gasteiger partial charge in [0.05, 0.1) is 30.6 Å². The van der Waals surface area contributed by atoms with Gasteiger partial charge in [0.25, 0.3) is 0 Å². The van der Waals surface area contributed by atoms with Crippen LogP contribution >= 0.6 is 0 Å². The van der Waals surface area contributed by atoms with Crippen molar-refractivity contribution in [2.75, 3.05) is 24.7 Å². The maximum atomic E-state index is 5.51. The van der Waals surface area contributed by atoms with Crippen molar-refractivity contribution in [1.29, 1.82) is 0 Å². The van der Waals surface area contributed by atoms with E-state index in [0.29, 0.717) is 6.04 Å². The van der Waals surface area contributed by atoms with E-state index in [4.69, 9.17) is 4.74 Å². The van der Waals surface area contributed by atoms with Gasteiger partial charge >= 0.3 is 0 Å². The van der Waals surface area contributed by atoms with Gasteiger partial charge in [-0.15, -0.1) is 5.10 Å². The molecule has 1 aliphatic heterocycles. The largest absolute Gasteiger partial charge is 0.377 e. The molecule has 0 N–H and O–H groups in total. The van der Waals surface area contributed by atoms with E-state index in [1.165, 1.54) is 0 Å². The lowest BCUT2D eigenvalue weighted by Gasteiger charge is -2.34. The number of aromatic nitrogens is 3. The summed E-state index contributed by atoms with van der Waals surface area (Å²) in [6.07, 6.45) is 2.84. The first kappa shape index (κ1) is 13.2. The quantitative estimate of drug-likeness (QED) is 0.812. The average Bonchev–Trinajstić information content (AvgIpc) is 2.46. The van der Waals surface area contributed by atoms with Crippen LogP contribution in [0.3, 0.4) is 0 Å². The zero-order valence-electron chi connectivity index (χ0n) is 11.5. The second kappa shape index (κ2) is 6.09. The maximum Gasteiger partial charge on any atom is 0.246 e. The Kier molecular flexibility index (Phi) is 4.47. The number of aryl methyl sites for hydroxylation is 2. The lowest BCUT2D eigenvalue weighted by atomic mass is 10.2. The maximum absolute atomic E-state index is 5.51. The second-order valence-corrected chi connectivity index (χ2v) is 4.54. The van der Waals surface area contributed by atoms with Crippen molar-refractivity contribution in [2.24, 2.45) is 0 Å². The van der Waals surface area contributed by atoms with Gasteiger partial charge in [0.2, 0.25) is 5.95 Å². The highest BCUT2D eigenvalue weighted by atomic mass is 16.5. The van der Waals surface area contributed by atoms with Crippen molar-refractivity contribution in [3.63, 3.8) is 0 Å². The van der Waals surface area contributed by atoms with Gasteiger partial charge in [-0.1, -0.05) is 20.8 Å². The molecule has 0 spiro atoms. The summed E-state index contributed by atoms with van der Waals surface area (Å²) in [5, 5.41) is 8.61. The summed E-state index contributed by atoms with van der Waals surface area (Å²) in [6.45, 7) is 8.74. The molecule has 1 aliphatic rings. The standard InChI is InChI=1S/C13H22N4O/c1-4-10-9-18-8-7-17(10)13-14-11(5-2)12(6-3)15-16-13/h10H,4-9H2,1-3H3. The summed E-state index contributed by atoms with van der Waals surface area (Å²) in [5.41, 5.74) is 2.09. The fourth-order valence-corrected chi connectivity index (χ4v) is 2.31. The van der Waals surface area contributed by atoms with Crippen molar-refractivity contribution >= 4 is 5.95 Å². The molecule has 100 valence electrons. The summed E-state index contributed by atoms with van der Waals surface area (Å²) in [5.74, 6) is 0.763. The van der Waals surface area contributed by atoms with E-state index >= 15 is 0 Å². The van der Waals surface area contributed by atoms with E-state index in [1.54, 1.807) is 0 Å². The molecule has 0 aromatic carbocycles. The molecule has 0 aliphatic carbocycles. The third-order valence-corrected chi connectivity index (χ3v) is 3.45. The number of hydrogen-bond donors (Lipinski definition) is 0. The van der Waals surface area contributed by atoms with E-state index in [2.05, 4.69) is 40.9 Å². The molecule has 2 rings (SSSR count). The molecule has 1 unspecified atom stereocenters. The molecule has 5 nitrogen and oxygen atoms in total. The van der Waals surface area contributed by atoms with E-state index in [9.17, 15) is 0 Å². The van der Waals surface area contributed by atoms with Crippen LogP contribution in [0, 0.1) is 0 Å². The van der Waals surface area contributed by atoms with E-state index in [1.807, 2.05) is 0 Å². The van der Waals surface area contributed by atoms with Gasteiger partial charge in [-0.2, -0.15) is 5.10 Å². The summed E-state index contributed by atoms with van der Waals surface area (Å²) in [7, 11) is 0. The van der Waals surface area contributed by atoms with E-state index in [0.717, 1.165) is 56.4 Å². The van der Waals surface area contributed by atoms with Crippen molar-refractivity contribution in [2.45, 2.75) is 46.1 Å². The van der Waals surface area contributed by atoms with Crippen LogP contribution in [-0.4, -0.2) is 41.0 Å². The summed E-state index contributed by atoms with van der Waals surface area (Å²) in [4.78, 5) is 6.91. The van der Waals surface area contributed by atoms with Crippen LogP contribution in [0.15, 0.2) is 0 Å². The molecule has 0 saturated carbocycles. The number of ether oxygens (including phenoxy) is 1. The Hall–Kier alpha value is -1.23. The molecule has 1 aromatic heterocycles. The Morgan fingerprint density at radius 2 is 1.94 bits per heavy atom. The molecule has 2 heterocycles. The van der Waals surface area contributed by atoms with Gasteiger partial charge in [-0.05, 0) is 19.3 Å². The molecular weight excluding hydrogens is 228 g/mol. The lowest BCUT2D eigenvalue weighted by Crippen LogP contribution is -2.46. The van der Waals surface area contributed by atoms with Gasteiger partial charge < -0.3 is 9.64 Å². The van der Waals surface area contributed by atoms with Crippen molar-refractivity contribution in [3.8, 4) is 0 Å². The average molecular weight is 250 g/mol. The van der Waals surface area contributed by atoms with Crippen LogP contribution in [-0.2, 0) is 17.6 Å². The van der Waals surface area contributed by atoms with E-state index < -0.39 is 0 Å². The molecule has 0 amide bonds. The van der Waals surface area contributed by atoms with Crippen LogP contribution in [0.4, 0.5) is 5.95 Å². The van der Waals surface area contributed by atoms with Crippen molar-refractivity contribution in [1.82, 2.24) is 15.2 Å². The van der Waals surface area contributed by atoms with Crippen LogP contribution < -0.4 is 4.90 Å². The Morgan fingerprint density at radius 1 is 1.17 bits per heavy atom. The van der Waals surface area contributed by atoms with Crippen molar-refractivity contribution in [3.05, 3.63) is 11.4 Å². The topological polar surface area (TPSA) is 51.1 Å². The number of nitrogens with zero attached hydrogens (tertiary/aromatic N) is 4. The molecular formula is C13H22N4O. The first-order chi connectivity index (χ1) is 8.80. The highest BCUT2D eigenvalue weighted by Gasteiger charge is 2.24. The van der Waals surface area contributed by atoms with Gasteiger partial charge in [-0.25, -0.2) is 4.98 Å². The molecule has 1 fully saturated rings. The minimum absolute atomic E-state index is 0.373. The van der Waals surface area contributed by atoms with Gasteiger partial charge in [0, 0.05) is 6.54 Å². The van der Waals surface area contributed by atoms with E-state index in [-0.39, 0.29) is 0 Å². The molecule has 1 aromatic rings. The van der Waals surface area contributed by atoms with Crippen LogP contribution in [0.5, 0.6) is 0 Å². The smallest absolute Gasteiger partial charge is 0.246 e. The van der Waals surface area contributed by atoms with Crippen LogP contribution in [0.2, 0.25) is 0 Å². The highest BCUT2D eigenvalue weighted by Crippen LogP contribution is 2.18. The molecule has 1 atom stereocenters. The fraction of sp³-hybridized carbons (Fsp3) is 0.769. The summed E-state index contributed by atoms with van der Waals surface area (Å²) in [6, 6.07) is 0.373. The molecule has 1 saturated heterocycles. The predicted octanol–water partition coefficient (Wildman–Crippen LogP) is 1.61. The third-order valence-electron chi connectivity index (χ3n) is 3.45.